The van der Waals surface area contributed by atoms with Gasteiger partial charge in [0.25, 0.3) is 10.1 Å². The fourth-order valence-electron chi connectivity index (χ4n) is 3.63. The van der Waals surface area contributed by atoms with Gasteiger partial charge in [0.1, 0.15) is 0 Å². The minimum Gasteiger partial charge on any atom is -0.316 e. The fraction of sp³-hybridized carbons (Fsp3) is 1.00. The van der Waals surface area contributed by atoms with Gasteiger partial charge in [-0.2, -0.15) is 8.42 Å². The van der Waals surface area contributed by atoms with E-state index in [0.29, 0.717) is 12.0 Å². The van der Waals surface area contributed by atoms with Crippen molar-refractivity contribution in [3.05, 3.63) is 0 Å². The fourth-order valence-corrected chi connectivity index (χ4v) is 4.09. The van der Waals surface area contributed by atoms with E-state index in [1.807, 2.05) is 0 Å². The summed E-state index contributed by atoms with van der Waals surface area (Å²) in [4.78, 5) is 0. The summed E-state index contributed by atoms with van der Waals surface area (Å²) in [6.45, 7) is 2.72. The van der Waals surface area contributed by atoms with E-state index >= 15 is 0 Å². The molecule has 4 rings (SSSR count). The molecule has 1 aliphatic heterocycles. The minimum atomic E-state index is -3.25. The predicted octanol–water partition coefficient (Wildman–Crippen LogP) is 0.352. The Morgan fingerprint density at radius 3 is 2.33 bits per heavy atom. The lowest BCUT2D eigenvalue weighted by atomic mass is 9.31. The van der Waals surface area contributed by atoms with Crippen LogP contribution in [0.15, 0.2) is 0 Å². The third kappa shape index (κ3) is 1.44. The molecule has 0 aromatic rings. The van der Waals surface area contributed by atoms with Gasteiger partial charge in [-0.3, -0.25) is 4.18 Å². The van der Waals surface area contributed by atoms with Crippen molar-refractivity contribution in [2.24, 2.45) is 16.7 Å². The van der Waals surface area contributed by atoms with Gasteiger partial charge in [0.2, 0.25) is 0 Å². The lowest BCUT2D eigenvalue weighted by molar-refractivity contribution is -0.254. The van der Waals surface area contributed by atoms with Crippen LogP contribution in [0.2, 0.25) is 0 Å². The van der Waals surface area contributed by atoms with Crippen molar-refractivity contribution < 1.29 is 12.6 Å². The Morgan fingerprint density at radius 2 is 1.93 bits per heavy atom. The quantitative estimate of drug-likeness (QED) is 0.709. The summed E-state index contributed by atoms with van der Waals surface area (Å²) < 4.78 is 26.7. The van der Waals surface area contributed by atoms with Crippen molar-refractivity contribution in [3.63, 3.8) is 0 Å². The van der Waals surface area contributed by atoms with Gasteiger partial charge in [0.05, 0.1) is 12.9 Å². The summed E-state index contributed by atoms with van der Waals surface area (Å²) in [7, 11) is -3.25. The van der Waals surface area contributed by atoms with Crippen molar-refractivity contribution in [2.45, 2.75) is 19.3 Å². The summed E-state index contributed by atoms with van der Waals surface area (Å²) in [5, 5.41) is 3.30. The Bertz CT molecular complexity index is 366. The standard InChI is InChI=1S/C10H17NO3S/c1-15(12,13)14-7-9-4-10(5-9,6-9)8-2-11-3-8/h8,11H,2-7H2,1H3. The van der Waals surface area contributed by atoms with Gasteiger partial charge in [-0.15, -0.1) is 0 Å². The molecule has 0 aromatic carbocycles. The van der Waals surface area contributed by atoms with Crippen LogP contribution in [0.5, 0.6) is 0 Å². The number of hydrogen-bond donors (Lipinski definition) is 1. The Balaban J connectivity index is 1.53. The molecule has 4 fully saturated rings. The third-order valence-corrected chi connectivity index (χ3v) is 4.95. The first-order chi connectivity index (χ1) is 6.93. The average molecular weight is 231 g/mol. The molecule has 15 heavy (non-hydrogen) atoms. The van der Waals surface area contributed by atoms with E-state index in [-0.39, 0.29) is 5.41 Å². The Hall–Kier alpha value is -0.130. The second-order valence-electron chi connectivity index (χ2n) is 5.71. The molecule has 3 saturated carbocycles. The van der Waals surface area contributed by atoms with Crippen molar-refractivity contribution in [1.82, 2.24) is 5.32 Å². The molecule has 0 unspecified atom stereocenters. The van der Waals surface area contributed by atoms with Crippen LogP contribution in [0.4, 0.5) is 0 Å². The van der Waals surface area contributed by atoms with Crippen LogP contribution in [0.1, 0.15) is 19.3 Å². The van der Waals surface area contributed by atoms with Gasteiger partial charge < -0.3 is 5.32 Å². The first-order valence-corrected chi connectivity index (χ1v) is 7.30. The van der Waals surface area contributed by atoms with E-state index in [1.54, 1.807) is 0 Å². The summed E-state index contributed by atoms with van der Waals surface area (Å²) in [5.41, 5.74) is 0.783. The highest BCUT2D eigenvalue weighted by atomic mass is 32.2. The van der Waals surface area contributed by atoms with Crippen molar-refractivity contribution in [3.8, 4) is 0 Å². The highest BCUT2D eigenvalue weighted by molar-refractivity contribution is 7.85. The van der Waals surface area contributed by atoms with E-state index in [0.717, 1.165) is 25.3 Å². The number of nitrogens with one attached hydrogen (secondary N) is 1. The highest BCUT2D eigenvalue weighted by Crippen LogP contribution is 2.76. The zero-order valence-electron chi connectivity index (χ0n) is 8.95. The molecule has 0 atom stereocenters. The molecule has 1 N–H and O–H groups in total. The van der Waals surface area contributed by atoms with Crippen molar-refractivity contribution in [2.75, 3.05) is 26.0 Å². The SMILES string of the molecule is CS(=O)(=O)OCC12CC(C3CNC3)(C1)C2. The first kappa shape index (κ1) is 10.1. The lowest BCUT2D eigenvalue weighted by Gasteiger charge is -2.74. The molecule has 0 aromatic heterocycles. The molecule has 4 aliphatic rings. The van der Waals surface area contributed by atoms with Gasteiger partial charge in [-0.1, -0.05) is 0 Å². The number of rotatable bonds is 4. The van der Waals surface area contributed by atoms with Crippen LogP contribution in [0.25, 0.3) is 0 Å². The maximum atomic E-state index is 10.9. The van der Waals surface area contributed by atoms with Crippen LogP contribution in [0.3, 0.4) is 0 Å². The Labute approximate surface area is 90.5 Å². The van der Waals surface area contributed by atoms with Crippen LogP contribution >= 0.6 is 0 Å². The smallest absolute Gasteiger partial charge is 0.264 e. The van der Waals surface area contributed by atoms with Gasteiger partial charge in [-0.25, -0.2) is 0 Å². The molecule has 0 radical (unpaired) electrons. The second-order valence-corrected chi connectivity index (χ2v) is 7.36. The molecule has 1 heterocycles. The number of hydrogen-bond acceptors (Lipinski definition) is 4. The van der Waals surface area contributed by atoms with E-state index in [9.17, 15) is 8.42 Å². The monoisotopic (exact) mass is 231 g/mol. The van der Waals surface area contributed by atoms with Gasteiger partial charge in [-0.05, 0) is 49.1 Å². The topological polar surface area (TPSA) is 55.4 Å². The summed E-state index contributed by atoms with van der Waals surface area (Å²) >= 11 is 0. The van der Waals surface area contributed by atoms with Crippen LogP contribution in [0, 0.1) is 16.7 Å². The minimum absolute atomic E-state index is 0.221. The zero-order chi connectivity index (χ0) is 10.7. The molecule has 0 spiro atoms. The lowest BCUT2D eigenvalue weighted by Crippen LogP contribution is -2.71. The van der Waals surface area contributed by atoms with Crippen LogP contribution in [-0.2, 0) is 14.3 Å². The van der Waals surface area contributed by atoms with E-state index < -0.39 is 10.1 Å². The molecule has 1 saturated heterocycles. The molecular weight excluding hydrogens is 214 g/mol. The van der Waals surface area contributed by atoms with Crippen LogP contribution < -0.4 is 5.32 Å². The molecular formula is C10H17NO3S. The van der Waals surface area contributed by atoms with Crippen LogP contribution in [-0.4, -0.2) is 34.4 Å². The van der Waals surface area contributed by atoms with Gasteiger partial charge in [0.15, 0.2) is 0 Å². The molecule has 4 nitrogen and oxygen atoms in total. The Kier molecular flexibility index (Phi) is 1.85. The van der Waals surface area contributed by atoms with Crippen molar-refractivity contribution >= 4 is 10.1 Å². The van der Waals surface area contributed by atoms with Crippen molar-refractivity contribution in [1.29, 1.82) is 0 Å². The normalized spacial score (nSPS) is 44.1. The average Bonchev–Trinajstić information content (AvgIpc) is 1.84. The maximum absolute atomic E-state index is 10.9. The molecule has 0 amide bonds. The second kappa shape index (κ2) is 2.76. The molecule has 86 valence electrons. The van der Waals surface area contributed by atoms with E-state index in [1.165, 1.54) is 19.3 Å². The predicted molar refractivity (Wildman–Crippen MR) is 55.9 cm³/mol. The largest absolute Gasteiger partial charge is 0.316 e. The first-order valence-electron chi connectivity index (χ1n) is 5.48. The summed E-state index contributed by atoms with van der Waals surface area (Å²) in [6, 6.07) is 0. The Morgan fingerprint density at radius 1 is 1.33 bits per heavy atom. The van der Waals surface area contributed by atoms with E-state index in [2.05, 4.69) is 5.32 Å². The molecule has 3 aliphatic carbocycles. The highest BCUT2D eigenvalue weighted by Gasteiger charge is 2.70. The summed E-state index contributed by atoms with van der Waals surface area (Å²) in [6.07, 6.45) is 4.68. The zero-order valence-corrected chi connectivity index (χ0v) is 9.77. The molecule has 2 bridgehead atoms. The van der Waals surface area contributed by atoms with Gasteiger partial charge >= 0.3 is 0 Å². The third-order valence-electron chi connectivity index (χ3n) is 4.41. The van der Waals surface area contributed by atoms with E-state index in [4.69, 9.17) is 4.18 Å². The summed E-state index contributed by atoms with van der Waals surface area (Å²) in [5.74, 6) is 0.845. The van der Waals surface area contributed by atoms with Gasteiger partial charge in [0, 0.05) is 0 Å². The maximum Gasteiger partial charge on any atom is 0.264 e. The molecule has 5 heteroatoms.